The Morgan fingerprint density at radius 1 is 0.545 bits per heavy atom. The molecule has 22 heavy (non-hydrogen) atoms. The maximum absolute atomic E-state index is 2.71. The molecule has 0 aromatic heterocycles. The molecule has 2 fully saturated rings. The lowest BCUT2D eigenvalue weighted by molar-refractivity contribution is 0.286. The van der Waals surface area contributed by atoms with Gasteiger partial charge < -0.3 is 0 Å². The molecule has 0 aromatic carbocycles. The molecular weight excluding hydrogens is 264 g/mol. The number of allylic oxidation sites excluding steroid dienone is 6. The maximum Gasteiger partial charge on any atom is -0.0153 e. The van der Waals surface area contributed by atoms with E-state index < -0.39 is 0 Å². The van der Waals surface area contributed by atoms with E-state index in [0.717, 1.165) is 23.7 Å². The average Bonchev–Trinajstić information content (AvgIpc) is 2.58. The molecule has 0 aliphatic heterocycles. The Bertz CT molecular complexity index is 509. The summed E-state index contributed by atoms with van der Waals surface area (Å²) in [7, 11) is 0. The summed E-state index contributed by atoms with van der Waals surface area (Å²) < 4.78 is 0. The summed E-state index contributed by atoms with van der Waals surface area (Å²) in [5, 5.41) is 0. The number of hydrogen-bond acceptors (Lipinski definition) is 0. The van der Waals surface area contributed by atoms with Gasteiger partial charge in [-0.15, -0.1) is 0 Å². The van der Waals surface area contributed by atoms with Crippen molar-refractivity contribution in [1.82, 2.24) is 0 Å². The van der Waals surface area contributed by atoms with Crippen LogP contribution in [0.5, 0.6) is 0 Å². The van der Waals surface area contributed by atoms with Gasteiger partial charge in [-0.3, -0.25) is 0 Å². The molecule has 4 atom stereocenters. The molecule has 0 amide bonds. The van der Waals surface area contributed by atoms with E-state index in [1.165, 1.54) is 77.0 Å². The molecule has 118 valence electrons. The number of rotatable bonds is 0. The third-order valence-corrected chi connectivity index (χ3v) is 7.48. The van der Waals surface area contributed by atoms with Crippen molar-refractivity contribution in [2.45, 2.75) is 77.0 Å². The Labute approximate surface area is 135 Å². The van der Waals surface area contributed by atoms with E-state index in [1.807, 2.05) is 11.1 Å². The lowest BCUT2D eigenvalue weighted by atomic mass is 9.62. The van der Waals surface area contributed by atoms with Crippen LogP contribution in [-0.4, -0.2) is 0 Å². The minimum absolute atomic E-state index is 0.912. The summed E-state index contributed by atoms with van der Waals surface area (Å²) in [5.74, 6) is 3.74. The van der Waals surface area contributed by atoms with Gasteiger partial charge in [0.25, 0.3) is 0 Å². The molecule has 2 saturated carbocycles. The molecular formula is C22H30. The van der Waals surface area contributed by atoms with Crippen molar-refractivity contribution >= 4 is 0 Å². The molecule has 0 radical (unpaired) electrons. The summed E-state index contributed by atoms with van der Waals surface area (Å²) in [4.78, 5) is 0. The van der Waals surface area contributed by atoms with Gasteiger partial charge in [0.15, 0.2) is 0 Å². The first-order valence-corrected chi connectivity index (χ1v) is 10.0. The quantitative estimate of drug-likeness (QED) is 0.488. The number of fused-ring (bicyclic) bond motifs is 4. The maximum atomic E-state index is 2.71. The van der Waals surface area contributed by atoms with Gasteiger partial charge in [0.2, 0.25) is 0 Å². The predicted octanol–water partition coefficient (Wildman–Crippen LogP) is 6.35. The van der Waals surface area contributed by atoms with Crippen LogP contribution in [0.4, 0.5) is 0 Å². The van der Waals surface area contributed by atoms with Crippen molar-refractivity contribution in [3.63, 3.8) is 0 Å². The normalized spacial score (nSPS) is 40.7. The van der Waals surface area contributed by atoms with Crippen molar-refractivity contribution in [2.75, 3.05) is 0 Å². The average molecular weight is 294 g/mol. The SMILES string of the molecule is C1=C2CCCCC2CC2CCC3CC4CCCCC4=CC3=C12. The Hall–Kier alpha value is -0.780. The van der Waals surface area contributed by atoms with Gasteiger partial charge in [0, 0.05) is 0 Å². The summed E-state index contributed by atoms with van der Waals surface area (Å²) in [5.41, 5.74) is 7.27. The molecule has 5 rings (SSSR count). The second-order valence-electron chi connectivity index (χ2n) is 8.68. The fourth-order valence-electron chi connectivity index (χ4n) is 6.30. The van der Waals surface area contributed by atoms with Crippen molar-refractivity contribution in [1.29, 1.82) is 0 Å². The summed E-state index contributed by atoms with van der Waals surface area (Å²) >= 11 is 0. The Morgan fingerprint density at radius 2 is 1.05 bits per heavy atom. The van der Waals surface area contributed by atoms with Crippen LogP contribution in [0.1, 0.15) is 77.0 Å². The van der Waals surface area contributed by atoms with Gasteiger partial charge in [-0.05, 0) is 99.0 Å². The largest absolute Gasteiger partial charge is 0.0668 e. The van der Waals surface area contributed by atoms with Crippen molar-refractivity contribution in [3.8, 4) is 0 Å². The molecule has 0 aromatic rings. The van der Waals surface area contributed by atoms with Crippen LogP contribution >= 0.6 is 0 Å². The van der Waals surface area contributed by atoms with Crippen LogP contribution in [0.3, 0.4) is 0 Å². The van der Waals surface area contributed by atoms with Crippen LogP contribution in [0.25, 0.3) is 0 Å². The second kappa shape index (κ2) is 5.39. The van der Waals surface area contributed by atoms with Gasteiger partial charge >= 0.3 is 0 Å². The van der Waals surface area contributed by atoms with Gasteiger partial charge in [0.05, 0.1) is 0 Å². The third kappa shape index (κ3) is 2.17. The molecule has 0 heterocycles. The highest BCUT2D eigenvalue weighted by molar-refractivity contribution is 5.46. The lowest BCUT2D eigenvalue weighted by Gasteiger charge is -2.43. The minimum Gasteiger partial charge on any atom is -0.0668 e. The monoisotopic (exact) mass is 294 g/mol. The zero-order valence-electron chi connectivity index (χ0n) is 13.9. The first kappa shape index (κ1) is 13.6. The smallest absolute Gasteiger partial charge is 0.0153 e. The van der Waals surface area contributed by atoms with E-state index in [-0.39, 0.29) is 0 Å². The highest BCUT2D eigenvalue weighted by Crippen LogP contribution is 2.52. The second-order valence-corrected chi connectivity index (χ2v) is 8.68. The predicted molar refractivity (Wildman–Crippen MR) is 92.6 cm³/mol. The molecule has 0 bridgehead atoms. The summed E-state index contributed by atoms with van der Waals surface area (Å²) in [6.45, 7) is 0. The summed E-state index contributed by atoms with van der Waals surface area (Å²) in [6, 6.07) is 0. The lowest BCUT2D eigenvalue weighted by Crippen LogP contribution is -2.30. The van der Waals surface area contributed by atoms with E-state index in [4.69, 9.17) is 0 Å². The van der Waals surface area contributed by atoms with E-state index in [1.54, 1.807) is 11.1 Å². The van der Waals surface area contributed by atoms with Crippen LogP contribution < -0.4 is 0 Å². The fourth-order valence-corrected chi connectivity index (χ4v) is 6.30. The molecule has 0 nitrogen and oxygen atoms in total. The van der Waals surface area contributed by atoms with Gasteiger partial charge in [-0.1, -0.05) is 36.1 Å². The van der Waals surface area contributed by atoms with Crippen LogP contribution in [0, 0.1) is 23.7 Å². The van der Waals surface area contributed by atoms with E-state index in [9.17, 15) is 0 Å². The van der Waals surface area contributed by atoms with Crippen LogP contribution in [0.2, 0.25) is 0 Å². The number of hydrogen-bond donors (Lipinski definition) is 0. The molecule has 4 unspecified atom stereocenters. The highest BCUT2D eigenvalue weighted by atomic mass is 14.4. The van der Waals surface area contributed by atoms with E-state index in [2.05, 4.69) is 12.2 Å². The van der Waals surface area contributed by atoms with Gasteiger partial charge in [0.1, 0.15) is 0 Å². The van der Waals surface area contributed by atoms with Crippen molar-refractivity contribution in [3.05, 3.63) is 34.4 Å². The van der Waals surface area contributed by atoms with Crippen LogP contribution in [0.15, 0.2) is 34.4 Å². The van der Waals surface area contributed by atoms with Gasteiger partial charge in [-0.2, -0.15) is 0 Å². The molecule has 5 aliphatic rings. The summed E-state index contributed by atoms with van der Waals surface area (Å²) in [6.07, 6.45) is 23.0. The Balaban J connectivity index is 1.57. The third-order valence-electron chi connectivity index (χ3n) is 7.48. The highest BCUT2D eigenvalue weighted by Gasteiger charge is 2.38. The van der Waals surface area contributed by atoms with E-state index >= 15 is 0 Å². The fraction of sp³-hybridized carbons (Fsp3) is 0.727. The zero-order valence-corrected chi connectivity index (χ0v) is 13.9. The van der Waals surface area contributed by atoms with Gasteiger partial charge in [-0.25, -0.2) is 0 Å². The molecule has 5 aliphatic carbocycles. The molecule has 0 spiro atoms. The van der Waals surface area contributed by atoms with E-state index in [0.29, 0.717) is 0 Å². The Kier molecular flexibility index (Phi) is 3.34. The van der Waals surface area contributed by atoms with Crippen LogP contribution in [-0.2, 0) is 0 Å². The van der Waals surface area contributed by atoms with Crippen molar-refractivity contribution < 1.29 is 0 Å². The molecule has 0 heteroatoms. The minimum atomic E-state index is 0.912. The zero-order chi connectivity index (χ0) is 14.5. The molecule has 0 saturated heterocycles. The van der Waals surface area contributed by atoms with Crippen molar-refractivity contribution in [2.24, 2.45) is 23.7 Å². The first-order chi connectivity index (χ1) is 10.9. The molecule has 0 N–H and O–H groups in total. The topological polar surface area (TPSA) is 0 Å². The standard InChI is InChI=1S/C22H30/c1-3-7-17-13-21-19(11-15(17)5-1)9-10-20-12-16-6-2-4-8-18(16)14-22(20)21/h13-16,19-20H,1-12H2. The first-order valence-electron chi connectivity index (χ1n) is 10.0. The Morgan fingerprint density at radius 3 is 1.55 bits per heavy atom.